The SMILES string of the molecule is CN1C(=O)CN2C(=O)[C@@H](Oc3cc(Cl)cc(Cl)c3)[C@]2(c2ccccc2)c2cc(Cl)ccc21. The molecule has 162 valence electrons. The van der Waals surface area contributed by atoms with E-state index in [1.165, 1.54) is 0 Å². The van der Waals surface area contributed by atoms with E-state index in [2.05, 4.69) is 0 Å². The second-order valence-electron chi connectivity index (χ2n) is 7.77. The maximum absolute atomic E-state index is 13.4. The number of benzene rings is 3. The molecule has 1 saturated heterocycles. The summed E-state index contributed by atoms with van der Waals surface area (Å²) in [6.45, 7) is -0.0906. The number of carbonyl (C=O) groups excluding carboxylic acids is 2. The Bertz CT molecular complexity index is 1230. The molecule has 0 saturated carbocycles. The van der Waals surface area contributed by atoms with Crippen molar-refractivity contribution >= 4 is 52.3 Å². The third-order valence-corrected chi connectivity index (χ3v) is 6.67. The largest absolute Gasteiger partial charge is 0.477 e. The van der Waals surface area contributed by atoms with Crippen molar-refractivity contribution in [2.45, 2.75) is 11.6 Å². The van der Waals surface area contributed by atoms with Crippen LogP contribution in [0.1, 0.15) is 11.1 Å². The summed E-state index contributed by atoms with van der Waals surface area (Å²) in [5.74, 6) is -0.146. The molecule has 0 aliphatic carbocycles. The van der Waals surface area contributed by atoms with Crippen molar-refractivity contribution in [3.63, 3.8) is 0 Å². The minimum absolute atomic E-state index is 0.0906. The van der Waals surface area contributed by atoms with Crippen molar-refractivity contribution in [3.05, 3.63) is 92.9 Å². The zero-order chi connectivity index (χ0) is 22.6. The smallest absolute Gasteiger partial charge is 0.268 e. The van der Waals surface area contributed by atoms with E-state index in [0.29, 0.717) is 32.1 Å². The van der Waals surface area contributed by atoms with Crippen LogP contribution >= 0.6 is 34.8 Å². The monoisotopic (exact) mass is 486 g/mol. The summed E-state index contributed by atoms with van der Waals surface area (Å²) in [4.78, 5) is 29.4. The van der Waals surface area contributed by atoms with Crippen LogP contribution < -0.4 is 9.64 Å². The third kappa shape index (κ3) is 3.07. The molecule has 2 heterocycles. The molecule has 0 spiro atoms. The van der Waals surface area contributed by atoms with Gasteiger partial charge in [0.05, 0.1) is 0 Å². The molecule has 5 rings (SSSR count). The lowest BCUT2D eigenvalue weighted by Crippen LogP contribution is -2.74. The van der Waals surface area contributed by atoms with Crippen molar-refractivity contribution in [2.75, 3.05) is 18.5 Å². The zero-order valence-corrected chi connectivity index (χ0v) is 19.2. The van der Waals surface area contributed by atoms with Crippen LogP contribution in [0.3, 0.4) is 0 Å². The maximum atomic E-state index is 13.4. The number of fused-ring (bicyclic) bond motifs is 3. The number of anilines is 1. The molecule has 3 aromatic rings. The van der Waals surface area contributed by atoms with E-state index in [9.17, 15) is 9.59 Å². The Morgan fingerprint density at radius 1 is 0.906 bits per heavy atom. The van der Waals surface area contributed by atoms with Crippen molar-refractivity contribution in [1.82, 2.24) is 4.90 Å². The van der Waals surface area contributed by atoms with Crippen LogP contribution in [-0.4, -0.2) is 36.4 Å². The number of likely N-dealkylation sites (N-methyl/N-ethyl adjacent to an activating group) is 1. The summed E-state index contributed by atoms with van der Waals surface area (Å²) in [5, 5.41) is 1.28. The Morgan fingerprint density at radius 3 is 2.28 bits per heavy atom. The number of halogens is 3. The Hall–Kier alpha value is -2.73. The second-order valence-corrected chi connectivity index (χ2v) is 9.08. The van der Waals surface area contributed by atoms with Gasteiger partial charge < -0.3 is 14.5 Å². The van der Waals surface area contributed by atoms with Crippen LogP contribution in [0.4, 0.5) is 5.69 Å². The van der Waals surface area contributed by atoms with Crippen LogP contribution in [0.15, 0.2) is 66.7 Å². The molecule has 5 nitrogen and oxygen atoms in total. The van der Waals surface area contributed by atoms with Crippen LogP contribution in [0.25, 0.3) is 0 Å². The molecule has 32 heavy (non-hydrogen) atoms. The predicted molar refractivity (Wildman–Crippen MR) is 125 cm³/mol. The standard InChI is InChI=1S/C24H17Cl3N2O3/c1-28-20-8-7-15(25)12-19(20)24(14-5-3-2-4-6-14)22(23(31)29(24)13-21(28)30)32-18-10-16(26)9-17(27)11-18/h2-12,22H,13H2,1H3/t22-,24+/m1/s1. The van der Waals surface area contributed by atoms with Gasteiger partial charge in [0, 0.05) is 33.4 Å². The van der Waals surface area contributed by atoms with Gasteiger partial charge >= 0.3 is 0 Å². The van der Waals surface area contributed by atoms with Crippen LogP contribution in [0.2, 0.25) is 15.1 Å². The maximum Gasteiger partial charge on any atom is 0.268 e. The fourth-order valence-corrected chi connectivity index (χ4v) is 5.24. The van der Waals surface area contributed by atoms with Crippen LogP contribution in [-0.2, 0) is 15.1 Å². The van der Waals surface area contributed by atoms with E-state index in [0.717, 1.165) is 5.56 Å². The highest BCUT2D eigenvalue weighted by molar-refractivity contribution is 6.34. The topological polar surface area (TPSA) is 49.9 Å². The van der Waals surface area contributed by atoms with Gasteiger partial charge in [-0.3, -0.25) is 9.59 Å². The first kappa shape index (κ1) is 21.1. The molecular formula is C24H17Cl3N2O3. The molecule has 2 aliphatic heterocycles. The van der Waals surface area contributed by atoms with E-state index in [4.69, 9.17) is 39.5 Å². The Kier molecular flexibility index (Phi) is 5.08. The Labute approximate surface area is 200 Å². The highest BCUT2D eigenvalue weighted by Crippen LogP contribution is 2.53. The highest BCUT2D eigenvalue weighted by atomic mass is 35.5. The van der Waals surface area contributed by atoms with Gasteiger partial charge in [-0.15, -0.1) is 0 Å². The summed E-state index contributed by atoms with van der Waals surface area (Å²) in [5.41, 5.74) is 1.12. The van der Waals surface area contributed by atoms with E-state index in [1.54, 1.807) is 53.2 Å². The summed E-state index contributed by atoms with van der Waals surface area (Å²) in [6, 6.07) is 19.6. The first-order chi connectivity index (χ1) is 15.3. The van der Waals surface area contributed by atoms with Gasteiger partial charge in [0.15, 0.2) is 0 Å². The molecule has 0 radical (unpaired) electrons. The number of rotatable bonds is 3. The summed E-state index contributed by atoms with van der Waals surface area (Å²) in [7, 11) is 1.69. The van der Waals surface area contributed by atoms with Crippen LogP contribution in [0, 0.1) is 0 Å². The quantitative estimate of drug-likeness (QED) is 0.480. The molecule has 0 aromatic heterocycles. The van der Waals surface area contributed by atoms with Gasteiger partial charge in [-0.2, -0.15) is 0 Å². The van der Waals surface area contributed by atoms with Gasteiger partial charge in [0.1, 0.15) is 17.8 Å². The number of β-lactam (4-membered cyclic amide) rings is 1. The molecule has 8 heteroatoms. The number of hydrogen-bond donors (Lipinski definition) is 0. The molecule has 0 unspecified atom stereocenters. The highest BCUT2D eigenvalue weighted by Gasteiger charge is 2.66. The number of amides is 2. The minimum atomic E-state index is -1.06. The zero-order valence-electron chi connectivity index (χ0n) is 16.9. The number of carbonyl (C=O) groups is 2. The lowest BCUT2D eigenvalue weighted by atomic mass is 9.69. The molecule has 2 aliphatic rings. The lowest BCUT2D eigenvalue weighted by Gasteiger charge is -2.56. The van der Waals surface area contributed by atoms with E-state index >= 15 is 0 Å². The summed E-state index contributed by atoms with van der Waals surface area (Å²) in [6.07, 6.45) is -0.948. The average Bonchev–Trinajstić information content (AvgIpc) is 2.84. The van der Waals surface area contributed by atoms with Crippen molar-refractivity contribution in [2.24, 2.45) is 0 Å². The van der Waals surface area contributed by atoms with Gasteiger partial charge in [0.2, 0.25) is 12.0 Å². The molecule has 1 fully saturated rings. The summed E-state index contributed by atoms with van der Waals surface area (Å²) >= 11 is 18.7. The van der Waals surface area contributed by atoms with Gasteiger partial charge in [-0.25, -0.2) is 0 Å². The molecular weight excluding hydrogens is 471 g/mol. The Morgan fingerprint density at radius 2 is 1.59 bits per heavy atom. The molecule has 0 N–H and O–H groups in total. The fourth-order valence-electron chi connectivity index (χ4n) is 4.56. The Balaban J connectivity index is 1.76. The first-order valence-corrected chi connectivity index (χ1v) is 11.0. The van der Waals surface area contributed by atoms with Gasteiger partial charge in [-0.05, 0) is 42.0 Å². The molecule has 3 aromatic carbocycles. The van der Waals surface area contributed by atoms with Gasteiger partial charge in [0.25, 0.3) is 5.91 Å². The van der Waals surface area contributed by atoms with E-state index in [1.807, 2.05) is 30.3 Å². The number of nitrogens with zero attached hydrogens (tertiary/aromatic N) is 2. The number of ether oxygens (including phenoxy) is 1. The van der Waals surface area contributed by atoms with Crippen molar-refractivity contribution in [3.8, 4) is 5.75 Å². The van der Waals surface area contributed by atoms with Crippen molar-refractivity contribution in [1.29, 1.82) is 0 Å². The van der Waals surface area contributed by atoms with Crippen molar-refractivity contribution < 1.29 is 14.3 Å². The fraction of sp³-hybridized carbons (Fsp3) is 0.167. The lowest BCUT2D eigenvalue weighted by molar-refractivity contribution is -0.177. The van der Waals surface area contributed by atoms with E-state index < -0.39 is 11.6 Å². The molecule has 2 amide bonds. The first-order valence-electron chi connectivity index (χ1n) is 9.88. The van der Waals surface area contributed by atoms with E-state index in [-0.39, 0.29) is 18.4 Å². The predicted octanol–water partition coefficient (Wildman–Crippen LogP) is 5.16. The minimum Gasteiger partial charge on any atom is -0.477 e. The second kappa shape index (κ2) is 7.69. The molecule has 0 bridgehead atoms. The van der Waals surface area contributed by atoms with Crippen LogP contribution in [0.5, 0.6) is 5.75 Å². The van der Waals surface area contributed by atoms with Gasteiger partial charge in [-0.1, -0.05) is 65.1 Å². The number of hydrogen-bond acceptors (Lipinski definition) is 3. The third-order valence-electron chi connectivity index (χ3n) is 6.00. The molecule has 2 atom stereocenters. The summed E-state index contributed by atoms with van der Waals surface area (Å²) < 4.78 is 6.24. The average molecular weight is 488 g/mol. The normalized spacial score (nSPS) is 22.1.